The predicted molar refractivity (Wildman–Crippen MR) is 124 cm³/mol. The van der Waals surface area contributed by atoms with Crippen LogP contribution in [0.2, 0.25) is 0 Å². The Labute approximate surface area is 199 Å². The van der Waals surface area contributed by atoms with E-state index >= 15 is 0 Å². The van der Waals surface area contributed by atoms with Crippen LogP contribution in [0.5, 0.6) is 11.5 Å². The average molecular weight is 491 g/mol. The lowest BCUT2D eigenvalue weighted by atomic mass is 10.1. The number of anilines is 3. The van der Waals surface area contributed by atoms with Crippen LogP contribution in [0.4, 0.5) is 30.2 Å². The Morgan fingerprint density at radius 2 is 1.71 bits per heavy atom. The average Bonchev–Trinajstić information content (AvgIpc) is 3.35. The second-order valence-corrected chi connectivity index (χ2v) is 7.12. The van der Waals surface area contributed by atoms with Gasteiger partial charge < -0.3 is 29.8 Å². The summed E-state index contributed by atoms with van der Waals surface area (Å²) in [6.07, 6.45) is -3.46. The summed E-state index contributed by atoms with van der Waals surface area (Å²) in [4.78, 5) is 24.6. The molecule has 0 bridgehead atoms. The number of nitrogens with one attached hydrogen (secondary N) is 3. The summed E-state index contributed by atoms with van der Waals surface area (Å²) in [5, 5.41) is 7.47. The molecule has 3 rings (SSSR count). The van der Waals surface area contributed by atoms with Crippen LogP contribution >= 0.6 is 0 Å². The van der Waals surface area contributed by atoms with Crippen LogP contribution < -0.4 is 25.4 Å². The number of benzene rings is 2. The number of hydrogen-bond donors (Lipinski definition) is 3. The number of carbonyl (C=O) groups excluding carboxylic acids is 2. The first-order valence-electron chi connectivity index (χ1n) is 10.7. The molecule has 3 aromatic rings. The van der Waals surface area contributed by atoms with Crippen molar-refractivity contribution < 1.29 is 36.7 Å². The van der Waals surface area contributed by atoms with Crippen molar-refractivity contribution in [3.05, 3.63) is 66.1 Å². The zero-order valence-corrected chi connectivity index (χ0v) is 19.0. The van der Waals surface area contributed by atoms with Crippen LogP contribution in [0.25, 0.3) is 0 Å². The zero-order chi connectivity index (χ0) is 25.4. The van der Waals surface area contributed by atoms with Crippen molar-refractivity contribution in [1.82, 2.24) is 0 Å². The molecule has 0 unspecified atom stereocenters. The Balaban J connectivity index is 1.72. The number of ether oxygens (including phenoxy) is 2. The smallest absolute Gasteiger partial charge is 0.418 e. The summed E-state index contributed by atoms with van der Waals surface area (Å²) in [6.45, 7) is 3.91. The third-order valence-corrected chi connectivity index (χ3v) is 4.60. The summed E-state index contributed by atoms with van der Waals surface area (Å²) in [7, 11) is 0. The van der Waals surface area contributed by atoms with Gasteiger partial charge in [-0.2, -0.15) is 13.2 Å². The largest absolute Gasteiger partial charge is 0.494 e. The first-order chi connectivity index (χ1) is 16.7. The van der Waals surface area contributed by atoms with Gasteiger partial charge in [0, 0.05) is 17.4 Å². The number of alkyl halides is 3. The fourth-order valence-corrected chi connectivity index (χ4v) is 3.13. The maximum atomic E-state index is 13.7. The van der Waals surface area contributed by atoms with Crippen LogP contribution in [-0.4, -0.2) is 31.6 Å². The van der Waals surface area contributed by atoms with Crippen molar-refractivity contribution in [2.45, 2.75) is 20.0 Å². The molecule has 2 amide bonds. The molecule has 8 nitrogen and oxygen atoms in total. The van der Waals surface area contributed by atoms with Crippen molar-refractivity contribution in [2.75, 3.05) is 35.7 Å². The highest BCUT2D eigenvalue weighted by atomic mass is 19.4. The third kappa shape index (κ3) is 6.92. The van der Waals surface area contributed by atoms with Crippen molar-refractivity contribution in [1.29, 1.82) is 0 Å². The minimum atomic E-state index is -4.74. The van der Waals surface area contributed by atoms with Gasteiger partial charge in [-0.15, -0.1) is 0 Å². The van der Waals surface area contributed by atoms with E-state index in [0.717, 1.165) is 12.1 Å². The molecule has 0 radical (unpaired) electrons. The van der Waals surface area contributed by atoms with E-state index in [9.17, 15) is 22.8 Å². The maximum absolute atomic E-state index is 13.7. The highest BCUT2D eigenvalue weighted by Gasteiger charge is 2.34. The summed E-state index contributed by atoms with van der Waals surface area (Å²) >= 11 is 0. The lowest BCUT2D eigenvalue weighted by Crippen LogP contribution is -2.23. The summed E-state index contributed by atoms with van der Waals surface area (Å²) in [6, 6.07) is 11.0. The molecule has 0 aliphatic rings. The molecule has 0 saturated heterocycles. The monoisotopic (exact) mass is 491 g/mol. The van der Waals surface area contributed by atoms with Gasteiger partial charge in [0.15, 0.2) is 5.76 Å². The number of furan rings is 1. The third-order valence-electron chi connectivity index (χ3n) is 4.60. The molecule has 1 aromatic heterocycles. The second kappa shape index (κ2) is 11.3. The molecule has 0 saturated carbocycles. The summed E-state index contributed by atoms with van der Waals surface area (Å²) < 4.78 is 56.8. The lowest BCUT2D eigenvalue weighted by molar-refractivity contribution is -0.137. The Kier molecular flexibility index (Phi) is 8.24. The van der Waals surface area contributed by atoms with Crippen molar-refractivity contribution in [3.63, 3.8) is 0 Å². The van der Waals surface area contributed by atoms with E-state index in [1.54, 1.807) is 25.1 Å². The fourth-order valence-electron chi connectivity index (χ4n) is 3.13. The first kappa shape index (κ1) is 25.5. The Morgan fingerprint density at radius 1 is 0.943 bits per heavy atom. The number of carbonyl (C=O) groups is 2. The molecule has 0 aliphatic carbocycles. The van der Waals surface area contributed by atoms with E-state index in [0.29, 0.717) is 30.4 Å². The van der Waals surface area contributed by atoms with Crippen LogP contribution in [0.3, 0.4) is 0 Å². The maximum Gasteiger partial charge on any atom is 0.418 e. The van der Waals surface area contributed by atoms with Gasteiger partial charge in [0.2, 0.25) is 5.91 Å². The van der Waals surface area contributed by atoms with Gasteiger partial charge in [-0.25, -0.2) is 0 Å². The predicted octanol–water partition coefficient (Wildman–Crippen LogP) is 5.40. The van der Waals surface area contributed by atoms with E-state index in [-0.39, 0.29) is 17.1 Å². The molecular formula is C24H24F3N3O5. The van der Waals surface area contributed by atoms with Gasteiger partial charge >= 0.3 is 6.18 Å². The first-order valence-corrected chi connectivity index (χ1v) is 10.7. The van der Waals surface area contributed by atoms with Crippen molar-refractivity contribution >= 4 is 28.9 Å². The van der Waals surface area contributed by atoms with E-state index in [2.05, 4.69) is 16.0 Å². The minimum absolute atomic E-state index is 0.0442. The van der Waals surface area contributed by atoms with E-state index in [1.807, 2.05) is 6.92 Å². The highest BCUT2D eigenvalue weighted by molar-refractivity contribution is 6.02. The van der Waals surface area contributed by atoms with Gasteiger partial charge in [0.1, 0.15) is 11.5 Å². The van der Waals surface area contributed by atoms with Crippen LogP contribution in [-0.2, 0) is 11.0 Å². The molecular weight excluding hydrogens is 467 g/mol. The number of amides is 2. The van der Waals surface area contributed by atoms with E-state index in [1.165, 1.54) is 24.5 Å². The normalized spacial score (nSPS) is 11.0. The molecule has 11 heteroatoms. The van der Waals surface area contributed by atoms with Gasteiger partial charge in [-0.3, -0.25) is 9.59 Å². The second-order valence-electron chi connectivity index (χ2n) is 7.12. The Bertz CT molecular complexity index is 1160. The molecule has 186 valence electrons. The van der Waals surface area contributed by atoms with Crippen molar-refractivity contribution in [3.8, 4) is 11.5 Å². The Hall–Kier alpha value is -4.15. The lowest BCUT2D eigenvalue weighted by Gasteiger charge is -2.17. The molecule has 0 atom stereocenters. The van der Waals surface area contributed by atoms with Crippen molar-refractivity contribution in [2.24, 2.45) is 0 Å². The Morgan fingerprint density at radius 3 is 2.37 bits per heavy atom. The van der Waals surface area contributed by atoms with Gasteiger partial charge in [-0.1, -0.05) is 0 Å². The molecule has 35 heavy (non-hydrogen) atoms. The molecule has 1 heterocycles. The van der Waals surface area contributed by atoms with Gasteiger partial charge in [0.05, 0.1) is 37.3 Å². The molecule has 2 aromatic carbocycles. The molecule has 3 N–H and O–H groups in total. The van der Waals surface area contributed by atoms with Crippen LogP contribution in [0.1, 0.15) is 30.0 Å². The summed E-state index contributed by atoms with van der Waals surface area (Å²) in [5.41, 5.74) is -1.12. The topological polar surface area (TPSA) is 102 Å². The van der Waals surface area contributed by atoms with Crippen LogP contribution in [0.15, 0.2) is 59.2 Å². The quantitative estimate of drug-likeness (QED) is 0.351. The zero-order valence-electron chi connectivity index (χ0n) is 19.0. The molecule has 0 fully saturated rings. The van der Waals surface area contributed by atoms with Gasteiger partial charge in [-0.05, 0) is 56.3 Å². The highest BCUT2D eigenvalue weighted by Crippen LogP contribution is 2.37. The molecule has 0 spiro atoms. The molecule has 0 aliphatic heterocycles. The van der Waals surface area contributed by atoms with E-state index in [4.69, 9.17) is 13.9 Å². The number of halogens is 3. The SMILES string of the molecule is CCOc1ccc(OCC)c(NC(=O)CNc2ccc(NC(=O)c3ccco3)cc2C(F)(F)F)c1. The number of rotatable bonds is 10. The summed E-state index contributed by atoms with van der Waals surface area (Å²) in [5.74, 6) is -0.425. The fraction of sp³-hybridized carbons (Fsp3) is 0.250. The minimum Gasteiger partial charge on any atom is -0.494 e. The van der Waals surface area contributed by atoms with E-state index < -0.39 is 30.1 Å². The standard InChI is InChI=1S/C24H24F3N3O5/c1-3-33-16-8-10-20(34-4-2)19(13-16)30-22(31)14-28-18-9-7-15(12-17(18)24(25,26)27)29-23(32)21-6-5-11-35-21/h5-13,28H,3-4,14H2,1-2H3,(H,29,32)(H,30,31). The number of hydrogen-bond acceptors (Lipinski definition) is 6. The van der Waals surface area contributed by atoms with Gasteiger partial charge in [0.25, 0.3) is 5.91 Å². The van der Waals surface area contributed by atoms with Crippen LogP contribution in [0, 0.1) is 0 Å².